The molecule has 0 radical (unpaired) electrons. The number of benzene rings is 1. The Kier molecular flexibility index (Phi) is 15.9. The van der Waals surface area contributed by atoms with Crippen LogP contribution in [0.1, 0.15) is 16.7 Å². The van der Waals surface area contributed by atoms with E-state index in [0.29, 0.717) is 37.0 Å². The van der Waals surface area contributed by atoms with E-state index in [0.717, 1.165) is 22.4 Å². The standard InChI is InChI=1S/C21H21N7.5ClH/c22-12-16-8-4-10-24-18(16)20-26-21(19-17(13-23)9-5-11-25-19)28(27-20)14-15-6-2-1-3-7-15;;;;;/h1-11H,12-14,22-23H2;5*1H. The normalized spacial score (nSPS) is 9.27. The Labute approximate surface area is 223 Å². The van der Waals surface area contributed by atoms with Gasteiger partial charge in [-0.3, -0.25) is 9.97 Å². The molecule has 4 rings (SSSR count). The van der Waals surface area contributed by atoms with Crippen molar-refractivity contribution in [1.29, 1.82) is 0 Å². The molecule has 4 aromatic rings. The lowest BCUT2D eigenvalue weighted by atomic mass is 10.1. The van der Waals surface area contributed by atoms with Crippen molar-refractivity contribution in [2.45, 2.75) is 19.6 Å². The predicted molar refractivity (Wildman–Crippen MR) is 144 cm³/mol. The van der Waals surface area contributed by atoms with Gasteiger partial charge in [0.15, 0.2) is 5.82 Å². The van der Waals surface area contributed by atoms with Crippen LogP contribution in [-0.4, -0.2) is 24.7 Å². The zero-order chi connectivity index (χ0) is 19.3. The van der Waals surface area contributed by atoms with E-state index >= 15 is 0 Å². The van der Waals surface area contributed by atoms with Gasteiger partial charge in [0.2, 0.25) is 5.82 Å². The van der Waals surface area contributed by atoms with Gasteiger partial charge in [-0.05, 0) is 28.8 Å². The fraction of sp³-hybridized carbons (Fsp3) is 0.143. The highest BCUT2D eigenvalue weighted by Gasteiger charge is 2.19. The van der Waals surface area contributed by atoms with Gasteiger partial charge in [0.05, 0.1) is 6.54 Å². The average Bonchev–Trinajstić information content (AvgIpc) is 3.17. The minimum absolute atomic E-state index is 0. The Hall–Kier alpha value is -1.97. The van der Waals surface area contributed by atoms with Gasteiger partial charge in [-0.25, -0.2) is 9.67 Å². The number of nitrogens with two attached hydrogens (primary N) is 2. The minimum Gasteiger partial charge on any atom is -0.326 e. The second kappa shape index (κ2) is 15.8. The summed E-state index contributed by atoms with van der Waals surface area (Å²) in [5, 5.41) is 4.74. The molecule has 0 saturated heterocycles. The van der Waals surface area contributed by atoms with Crippen LogP contribution in [0.3, 0.4) is 0 Å². The summed E-state index contributed by atoms with van der Waals surface area (Å²) < 4.78 is 1.85. The maximum atomic E-state index is 5.93. The molecule has 0 unspecified atom stereocenters. The third kappa shape index (κ3) is 7.52. The molecule has 0 aliphatic heterocycles. The van der Waals surface area contributed by atoms with Crippen LogP contribution in [0.25, 0.3) is 23.0 Å². The van der Waals surface area contributed by atoms with Gasteiger partial charge in [-0.1, -0.05) is 42.5 Å². The molecule has 1 aromatic carbocycles. The lowest BCUT2D eigenvalue weighted by molar-refractivity contribution is 0.691. The lowest BCUT2D eigenvalue weighted by Crippen LogP contribution is -2.08. The molecule has 0 bridgehead atoms. The molecule has 180 valence electrons. The van der Waals surface area contributed by atoms with Crippen LogP contribution in [0, 0.1) is 0 Å². The van der Waals surface area contributed by atoms with E-state index in [4.69, 9.17) is 21.5 Å². The van der Waals surface area contributed by atoms with Crippen molar-refractivity contribution < 1.29 is 0 Å². The first kappa shape index (κ1) is 33.2. The molecule has 7 nitrogen and oxygen atoms in total. The van der Waals surface area contributed by atoms with E-state index in [1.54, 1.807) is 12.4 Å². The molecule has 12 heteroatoms. The zero-order valence-corrected chi connectivity index (χ0v) is 21.5. The summed E-state index contributed by atoms with van der Waals surface area (Å²) in [4.78, 5) is 13.8. The molecule has 0 spiro atoms. The van der Waals surface area contributed by atoms with Crippen LogP contribution in [0.15, 0.2) is 67.0 Å². The second-order valence-corrected chi connectivity index (χ2v) is 6.33. The van der Waals surface area contributed by atoms with Gasteiger partial charge in [-0.2, -0.15) is 0 Å². The van der Waals surface area contributed by atoms with Crippen molar-refractivity contribution in [3.05, 3.63) is 83.7 Å². The molecule has 0 amide bonds. The quantitative estimate of drug-likeness (QED) is 0.365. The first-order valence-corrected chi connectivity index (χ1v) is 9.07. The first-order valence-electron chi connectivity index (χ1n) is 9.07. The highest BCUT2D eigenvalue weighted by Crippen LogP contribution is 2.25. The van der Waals surface area contributed by atoms with E-state index < -0.39 is 0 Å². The number of aromatic nitrogens is 5. The van der Waals surface area contributed by atoms with Crippen molar-refractivity contribution in [3.8, 4) is 23.0 Å². The van der Waals surface area contributed by atoms with Gasteiger partial charge in [0.25, 0.3) is 0 Å². The molecule has 0 aliphatic rings. The number of nitrogens with zero attached hydrogens (tertiary/aromatic N) is 5. The number of halogens is 5. The molecule has 0 aliphatic carbocycles. The molecule has 3 aromatic heterocycles. The Bertz CT molecular complexity index is 1090. The maximum Gasteiger partial charge on any atom is 0.200 e. The largest absolute Gasteiger partial charge is 0.326 e. The third-order valence-corrected chi connectivity index (χ3v) is 4.49. The van der Waals surface area contributed by atoms with Crippen molar-refractivity contribution in [3.63, 3.8) is 0 Å². The molecule has 33 heavy (non-hydrogen) atoms. The summed E-state index contributed by atoms with van der Waals surface area (Å²) >= 11 is 0. The van der Waals surface area contributed by atoms with Crippen molar-refractivity contribution in [1.82, 2.24) is 24.7 Å². The fourth-order valence-corrected chi connectivity index (χ4v) is 3.09. The van der Waals surface area contributed by atoms with E-state index in [1.807, 2.05) is 47.1 Å². The van der Waals surface area contributed by atoms with E-state index in [9.17, 15) is 0 Å². The van der Waals surface area contributed by atoms with Crippen LogP contribution < -0.4 is 11.5 Å². The van der Waals surface area contributed by atoms with Crippen molar-refractivity contribution >= 4 is 62.0 Å². The summed E-state index contributed by atoms with van der Waals surface area (Å²) in [7, 11) is 0. The monoisotopic (exact) mass is 551 g/mol. The number of hydrogen-bond acceptors (Lipinski definition) is 6. The third-order valence-electron chi connectivity index (χ3n) is 4.49. The van der Waals surface area contributed by atoms with Crippen LogP contribution in [0.2, 0.25) is 0 Å². The van der Waals surface area contributed by atoms with E-state index in [1.165, 1.54) is 0 Å². The molecular weight excluding hydrogens is 528 g/mol. The summed E-state index contributed by atoms with van der Waals surface area (Å²) in [5.74, 6) is 1.19. The molecule has 0 fully saturated rings. The van der Waals surface area contributed by atoms with Gasteiger partial charge in [0.1, 0.15) is 11.4 Å². The second-order valence-electron chi connectivity index (χ2n) is 6.33. The Morgan fingerprint density at radius 1 is 0.667 bits per heavy atom. The Balaban J connectivity index is 0. The number of rotatable bonds is 6. The van der Waals surface area contributed by atoms with Gasteiger partial charge >= 0.3 is 0 Å². The van der Waals surface area contributed by atoms with Crippen LogP contribution >= 0.6 is 62.0 Å². The van der Waals surface area contributed by atoms with E-state index in [-0.39, 0.29) is 62.0 Å². The van der Waals surface area contributed by atoms with Gasteiger partial charge in [-0.15, -0.1) is 67.1 Å². The SMILES string of the molecule is Cl.Cl.Cl.Cl.Cl.NCc1cccnc1-c1nc(-c2ncccc2CN)n(Cc2ccccc2)n1. The lowest BCUT2D eigenvalue weighted by Gasteiger charge is -2.08. The summed E-state index contributed by atoms with van der Waals surface area (Å²) in [6.07, 6.45) is 3.46. The predicted octanol–water partition coefficient (Wildman–Crippen LogP) is 4.48. The molecule has 0 atom stereocenters. The summed E-state index contributed by atoms with van der Waals surface area (Å²) in [5.41, 5.74) is 16.1. The maximum absolute atomic E-state index is 5.93. The Morgan fingerprint density at radius 3 is 1.79 bits per heavy atom. The van der Waals surface area contributed by atoms with Crippen LogP contribution in [0.4, 0.5) is 0 Å². The molecule has 4 N–H and O–H groups in total. The topological polar surface area (TPSA) is 109 Å². The molecule has 0 saturated carbocycles. The highest BCUT2D eigenvalue weighted by molar-refractivity contribution is 5.86. The number of pyridine rings is 2. The van der Waals surface area contributed by atoms with Crippen molar-refractivity contribution in [2.75, 3.05) is 0 Å². The van der Waals surface area contributed by atoms with Gasteiger partial charge in [0, 0.05) is 25.5 Å². The van der Waals surface area contributed by atoms with Crippen LogP contribution in [-0.2, 0) is 19.6 Å². The number of hydrogen-bond donors (Lipinski definition) is 2. The van der Waals surface area contributed by atoms with Crippen molar-refractivity contribution in [2.24, 2.45) is 11.5 Å². The van der Waals surface area contributed by atoms with E-state index in [2.05, 4.69) is 22.1 Å². The molecule has 3 heterocycles. The highest BCUT2D eigenvalue weighted by atomic mass is 35.5. The Morgan fingerprint density at radius 2 is 1.21 bits per heavy atom. The summed E-state index contributed by atoms with van der Waals surface area (Å²) in [6, 6.07) is 17.7. The zero-order valence-electron chi connectivity index (χ0n) is 17.4. The summed E-state index contributed by atoms with van der Waals surface area (Å²) in [6.45, 7) is 1.30. The van der Waals surface area contributed by atoms with Gasteiger partial charge < -0.3 is 11.5 Å². The molecular formula is C21H26Cl5N7. The fourth-order valence-electron chi connectivity index (χ4n) is 3.09. The van der Waals surface area contributed by atoms with Crippen LogP contribution in [0.5, 0.6) is 0 Å². The average molecular weight is 554 g/mol. The smallest absolute Gasteiger partial charge is 0.200 e. The minimum atomic E-state index is 0. The first-order chi connectivity index (χ1) is 13.8.